The number of carbonyl (C=O) groups is 1. The van der Waals surface area contributed by atoms with Crippen LogP contribution in [0.15, 0.2) is 12.1 Å². The molecule has 3 nitrogen and oxygen atoms in total. The van der Waals surface area contributed by atoms with Gasteiger partial charge in [-0.2, -0.15) is 0 Å². The van der Waals surface area contributed by atoms with E-state index in [9.17, 15) is 9.90 Å². The number of hydrogen-bond donors (Lipinski definition) is 1. The van der Waals surface area contributed by atoms with Crippen LogP contribution in [0.5, 0.6) is 11.5 Å². The summed E-state index contributed by atoms with van der Waals surface area (Å²) in [5, 5.41) is 9.32. The van der Waals surface area contributed by atoms with Gasteiger partial charge in [0.25, 0.3) is 0 Å². The molecule has 0 amide bonds. The van der Waals surface area contributed by atoms with Crippen LogP contribution in [0.3, 0.4) is 0 Å². The van der Waals surface area contributed by atoms with Gasteiger partial charge in [-0.15, -0.1) is 0 Å². The van der Waals surface area contributed by atoms with Crippen LogP contribution in [0, 0.1) is 0 Å². The SMILES string of the molecule is COc1ccc(C=O)c(O)c1Cl. The number of rotatable bonds is 2. The van der Waals surface area contributed by atoms with Gasteiger partial charge in [-0.1, -0.05) is 11.6 Å². The molecule has 4 heteroatoms. The second kappa shape index (κ2) is 3.45. The third-order valence-corrected chi connectivity index (χ3v) is 1.82. The van der Waals surface area contributed by atoms with Gasteiger partial charge in [0.2, 0.25) is 0 Å². The molecule has 0 aliphatic heterocycles. The second-order valence-electron chi connectivity index (χ2n) is 2.14. The van der Waals surface area contributed by atoms with Crippen molar-refractivity contribution in [3.8, 4) is 11.5 Å². The number of aldehydes is 1. The fourth-order valence-corrected chi connectivity index (χ4v) is 1.06. The monoisotopic (exact) mass is 186 g/mol. The molecule has 0 spiro atoms. The molecule has 0 aromatic heterocycles. The van der Waals surface area contributed by atoms with Crippen molar-refractivity contribution in [2.24, 2.45) is 0 Å². The maximum atomic E-state index is 10.3. The Morgan fingerprint density at radius 1 is 1.58 bits per heavy atom. The summed E-state index contributed by atoms with van der Waals surface area (Å²) < 4.78 is 4.82. The molecule has 1 rings (SSSR count). The quantitative estimate of drug-likeness (QED) is 0.718. The minimum absolute atomic E-state index is 0.0575. The molecule has 0 saturated carbocycles. The van der Waals surface area contributed by atoms with Crippen LogP contribution < -0.4 is 4.74 Å². The standard InChI is InChI=1S/C8H7ClO3/c1-12-6-3-2-5(4-10)8(11)7(6)9/h2-4,11H,1H3. The van der Waals surface area contributed by atoms with Crippen LogP contribution in [0.4, 0.5) is 0 Å². The molecule has 1 aromatic rings. The molecule has 0 aliphatic rings. The lowest BCUT2D eigenvalue weighted by molar-refractivity contribution is 0.112. The Kier molecular flexibility index (Phi) is 2.55. The van der Waals surface area contributed by atoms with Gasteiger partial charge in [-0.05, 0) is 12.1 Å². The molecule has 0 atom stereocenters. The maximum Gasteiger partial charge on any atom is 0.153 e. The number of halogens is 1. The minimum atomic E-state index is -0.244. The van der Waals surface area contributed by atoms with Crippen LogP contribution in [0.25, 0.3) is 0 Å². The number of carbonyl (C=O) groups excluding carboxylic acids is 1. The van der Waals surface area contributed by atoms with Crippen LogP contribution in [-0.4, -0.2) is 18.5 Å². The fourth-order valence-electron chi connectivity index (χ4n) is 0.814. The maximum absolute atomic E-state index is 10.3. The van der Waals surface area contributed by atoms with Gasteiger partial charge in [0.15, 0.2) is 6.29 Å². The van der Waals surface area contributed by atoms with Crippen LogP contribution >= 0.6 is 11.6 Å². The van der Waals surface area contributed by atoms with Crippen molar-refractivity contribution in [1.29, 1.82) is 0 Å². The molecule has 1 N–H and O–H groups in total. The summed E-state index contributed by atoms with van der Waals surface area (Å²) in [5.41, 5.74) is 0.154. The summed E-state index contributed by atoms with van der Waals surface area (Å²) in [6, 6.07) is 2.96. The summed E-state index contributed by atoms with van der Waals surface area (Å²) in [5.74, 6) is 0.103. The highest BCUT2D eigenvalue weighted by Crippen LogP contribution is 2.34. The molecule has 64 valence electrons. The van der Waals surface area contributed by atoms with Gasteiger partial charge in [0.1, 0.15) is 16.5 Å². The molecule has 0 fully saturated rings. The van der Waals surface area contributed by atoms with Gasteiger partial charge in [0, 0.05) is 0 Å². The van der Waals surface area contributed by atoms with Crippen molar-refractivity contribution in [3.63, 3.8) is 0 Å². The zero-order valence-corrected chi connectivity index (χ0v) is 7.13. The van der Waals surface area contributed by atoms with Crippen molar-refractivity contribution < 1.29 is 14.6 Å². The van der Waals surface area contributed by atoms with E-state index in [0.29, 0.717) is 12.0 Å². The minimum Gasteiger partial charge on any atom is -0.505 e. The van der Waals surface area contributed by atoms with E-state index < -0.39 is 0 Å². The number of phenolic OH excluding ortho intramolecular Hbond substituents is 1. The third-order valence-electron chi connectivity index (χ3n) is 1.46. The summed E-state index contributed by atoms with van der Waals surface area (Å²) >= 11 is 5.64. The molecular weight excluding hydrogens is 180 g/mol. The molecule has 0 bridgehead atoms. The number of ether oxygens (including phenoxy) is 1. The zero-order valence-electron chi connectivity index (χ0n) is 6.37. The number of aromatic hydroxyl groups is 1. The lowest BCUT2D eigenvalue weighted by atomic mass is 10.2. The van der Waals surface area contributed by atoms with Gasteiger partial charge in [-0.25, -0.2) is 0 Å². The third kappa shape index (κ3) is 1.36. The van der Waals surface area contributed by atoms with E-state index in [0.717, 1.165) is 0 Å². The Hall–Kier alpha value is -1.22. The van der Waals surface area contributed by atoms with Crippen molar-refractivity contribution in [2.75, 3.05) is 7.11 Å². The predicted octanol–water partition coefficient (Wildman–Crippen LogP) is 1.87. The first kappa shape index (κ1) is 8.87. The van der Waals surface area contributed by atoms with Crippen LogP contribution in [0.1, 0.15) is 10.4 Å². The lowest BCUT2D eigenvalue weighted by Crippen LogP contribution is -1.87. The summed E-state index contributed by atoms with van der Waals surface area (Å²) in [6.45, 7) is 0. The predicted molar refractivity (Wildman–Crippen MR) is 45.1 cm³/mol. The number of phenols is 1. The topological polar surface area (TPSA) is 46.5 Å². The fraction of sp³-hybridized carbons (Fsp3) is 0.125. The highest BCUT2D eigenvalue weighted by molar-refractivity contribution is 6.33. The Morgan fingerprint density at radius 3 is 2.75 bits per heavy atom. The van der Waals surface area contributed by atoms with E-state index in [4.69, 9.17) is 16.3 Å². The van der Waals surface area contributed by atoms with E-state index in [1.54, 1.807) is 0 Å². The summed E-state index contributed by atoms with van der Waals surface area (Å²) in [7, 11) is 1.43. The van der Waals surface area contributed by atoms with Gasteiger partial charge in [0.05, 0.1) is 12.7 Å². The number of hydrogen-bond acceptors (Lipinski definition) is 3. The normalized spacial score (nSPS) is 9.50. The van der Waals surface area contributed by atoms with Gasteiger partial charge in [-0.3, -0.25) is 4.79 Å². The first-order chi connectivity index (χ1) is 5.70. The molecule has 0 heterocycles. The number of methoxy groups -OCH3 is 1. The Balaban J connectivity index is 3.29. The molecule has 12 heavy (non-hydrogen) atoms. The molecule has 1 aromatic carbocycles. The number of benzene rings is 1. The van der Waals surface area contributed by atoms with Gasteiger partial charge >= 0.3 is 0 Å². The van der Waals surface area contributed by atoms with E-state index in [2.05, 4.69) is 0 Å². The van der Waals surface area contributed by atoms with Crippen molar-refractivity contribution in [1.82, 2.24) is 0 Å². The molecular formula is C8H7ClO3. The smallest absolute Gasteiger partial charge is 0.153 e. The first-order valence-corrected chi connectivity index (χ1v) is 3.59. The Bertz CT molecular complexity index is 309. The van der Waals surface area contributed by atoms with E-state index in [1.807, 2.05) is 0 Å². The van der Waals surface area contributed by atoms with Gasteiger partial charge < -0.3 is 9.84 Å². The first-order valence-electron chi connectivity index (χ1n) is 3.21. The highest BCUT2D eigenvalue weighted by Gasteiger charge is 2.09. The molecule has 0 aliphatic carbocycles. The Morgan fingerprint density at radius 2 is 2.25 bits per heavy atom. The van der Waals surface area contributed by atoms with E-state index in [1.165, 1.54) is 19.2 Å². The summed E-state index contributed by atoms with van der Waals surface area (Å²) in [6.07, 6.45) is 0.528. The lowest BCUT2D eigenvalue weighted by Gasteiger charge is -2.05. The van der Waals surface area contributed by atoms with Crippen LogP contribution in [-0.2, 0) is 0 Å². The highest BCUT2D eigenvalue weighted by atomic mass is 35.5. The average molecular weight is 187 g/mol. The van der Waals surface area contributed by atoms with E-state index in [-0.39, 0.29) is 16.3 Å². The van der Waals surface area contributed by atoms with E-state index >= 15 is 0 Å². The summed E-state index contributed by atoms with van der Waals surface area (Å²) in [4.78, 5) is 10.3. The molecule has 0 unspecified atom stereocenters. The molecule has 0 saturated heterocycles. The van der Waals surface area contributed by atoms with Crippen molar-refractivity contribution >= 4 is 17.9 Å². The molecule has 0 radical (unpaired) electrons. The zero-order chi connectivity index (χ0) is 9.14. The average Bonchev–Trinajstić information content (AvgIpc) is 2.10. The van der Waals surface area contributed by atoms with Crippen LogP contribution in [0.2, 0.25) is 5.02 Å². The Labute approximate surface area is 74.5 Å². The van der Waals surface area contributed by atoms with Crippen molar-refractivity contribution in [2.45, 2.75) is 0 Å². The second-order valence-corrected chi connectivity index (χ2v) is 2.52. The van der Waals surface area contributed by atoms with Crippen molar-refractivity contribution in [3.05, 3.63) is 22.7 Å². The largest absolute Gasteiger partial charge is 0.505 e.